The molecular weight excluding hydrogens is 178 g/mol. The molecule has 0 saturated carbocycles. The van der Waals surface area contributed by atoms with E-state index in [1.165, 1.54) is 11.3 Å². The summed E-state index contributed by atoms with van der Waals surface area (Å²) >= 11 is 1.63. The van der Waals surface area contributed by atoms with E-state index in [2.05, 4.69) is 42.8 Å². The second-order valence-electron chi connectivity index (χ2n) is 3.60. The predicted octanol–water partition coefficient (Wildman–Crippen LogP) is 3.58. The standard InChI is InChI=1S/C11H17NS/c1-9(2)7-10-5-4-6-11(8-10)12-13-3/h4-6,8-9,12H,7H2,1-3H3. The first-order valence-electron chi connectivity index (χ1n) is 4.60. The van der Waals surface area contributed by atoms with Crippen LogP contribution in [-0.2, 0) is 6.42 Å². The smallest absolute Gasteiger partial charge is 0.0442 e. The molecule has 0 aliphatic carbocycles. The van der Waals surface area contributed by atoms with E-state index in [0.717, 1.165) is 12.3 Å². The molecule has 0 aromatic heterocycles. The van der Waals surface area contributed by atoms with E-state index in [4.69, 9.17) is 0 Å². The Hall–Kier alpha value is -0.630. The highest BCUT2D eigenvalue weighted by molar-refractivity contribution is 7.99. The molecular formula is C11H17NS. The summed E-state index contributed by atoms with van der Waals surface area (Å²) in [7, 11) is 0. The van der Waals surface area contributed by atoms with Crippen LogP contribution in [0.3, 0.4) is 0 Å². The molecule has 1 aromatic carbocycles. The zero-order valence-corrected chi connectivity index (χ0v) is 9.32. The lowest BCUT2D eigenvalue weighted by Crippen LogP contribution is -1.94. The molecule has 0 spiro atoms. The Morgan fingerprint density at radius 3 is 2.77 bits per heavy atom. The Labute approximate surface area is 85.1 Å². The molecule has 0 radical (unpaired) electrons. The molecule has 1 nitrogen and oxygen atoms in total. The SMILES string of the molecule is CSNc1cccc(CC(C)C)c1. The van der Waals surface area contributed by atoms with Crippen LogP contribution in [0.15, 0.2) is 24.3 Å². The molecule has 0 saturated heterocycles. The van der Waals surface area contributed by atoms with Gasteiger partial charge >= 0.3 is 0 Å². The predicted molar refractivity (Wildman–Crippen MR) is 62.1 cm³/mol. The summed E-state index contributed by atoms with van der Waals surface area (Å²) in [4.78, 5) is 0. The summed E-state index contributed by atoms with van der Waals surface area (Å²) in [6.45, 7) is 4.49. The fourth-order valence-corrected chi connectivity index (χ4v) is 1.71. The van der Waals surface area contributed by atoms with E-state index in [-0.39, 0.29) is 0 Å². The third-order valence-corrected chi connectivity index (χ3v) is 2.23. The van der Waals surface area contributed by atoms with Gasteiger partial charge in [-0.3, -0.25) is 0 Å². The van der Waals surface area contributed by atoms with Crippen molar-refractivity contribution < 1.29 is 0 Å². The molecule has 1 rings (SSSR count). The summed E-state index contributed by atoms with van der Waals surface area (Å²) < 4.78 is 3.24. The molecule has 0 bridgehead atoms. The van der Waals surface area contributed by atoms with Crippen molar-refractivity contribution in [2.24, 2.45) is 5.92 Å². The summed E-state index contributed by atoms with van der Waals surface area (Å²) in [6, 6.07) is 8.61. The van der Waals surface area contributed by atoms with Gasteiger partial charge in [-0.05, 0) is 30.0 Å². The van der Waals surface area contributed by atoms with Crippen LogP contribution in [0.5, 0.6) is 0 Å². The maximum atomic E-state index is 3.24. The zero-order valence-electron chi connectivity index (χ0n) is 8.50. The van der Waals surface area contributed by atoms with Crippen LogP contribution < -0.4 is 4.72 Å². The quantitative estimate of drug-likeness (QED) is 0.737. The van der Waals surface area contributed by atoms with E-state index in [1.807, 2.05) is 6.26 Å². The molecule has 72 valence electrons. The molecule has 1 N–H and O–H groups in total. The minimum atomic E-state index is 0.726. The van der Waals surface area contributed by atoms with Gasteiger partial charge in [0, 0.05) is 11.9 Å². The minimum absolute atomic E-state index is 0.726. The number of hydrogen-bond donors (Lipinski definition) is 1. The number of benzene rings is 1. The van der Waals surface area contributed by atoms with Crippen molar-refractivity contribution >= 4 is 17.6 Å². The fraction of sp³-hybridized carbons (Fsp3) is 0.455. The first kappa shape index (κ1) is 10.5. The van der Waals surface area contributed by atoms with Gasteiger partial charge in [0.15, 0.2) is 0 Å². The van der Waals surface area contributed by atoms with Gasteiger partial charge in [-0.15, -0.1) is 0 Å². The Bertz CT molecular complexity index is 258. The van der Waals surface area contributed by atoms with Crippen molar-refractivity contribution in [3.8, 4) is 0 Å². The van der Waals surface area contributed by atoms with Crippen molar-refractivity contribution in [1.82, 2.24) is 0 Å². The molecule has 2 heteroatoms. The highest BCUT2D eigenvalue weighted by atomic mass is 32.2. The maximum Gasteiger partial charge on any atom is 0.0442 e. The highest BCUT2D eigenvalue weighted by Crippen LogP contribution is 2.15. The highest BCUT2D eigenvalue weighted by Gasteiger charge is 1.98. The van der Waals surface area contributed by atoms with Gasteiger partial charge in [-0.25, -0.2) is 0 Å². The summed E-state index contributed by atoms with van der Waals surface area (Å²) in [5.41, 5.74) is 2.61. The Morgan fingerprint density at radius 2 is 2.15 bits per heavy atom. The number of nitrogens with one attached hydrogen (secondary N) is 1. The van der Waals surface area contributed by atoms with Crippen molar-refractivity contribution in [1.29, 1.82) is 0 Å². The number of rotatable bonds is 4. The van der Waals surface area contributed by atoms with Crippen LogP contribution >= 0.6 is 11.9 Å². The lowest BCUT2D eigenvalue weighted by molar-refractivity contribution is 0.647. The van der Waals surface area contributed by atoms with Crippen LogP contribution in [0.25, 0.3) is 0 Å². The maximum absolute atomic E-state index is 3.24. The van der Waals surface area contributed by atoms with Crippen molar-refractivity contribution in [2.75, 3.05) is 11.0 Å². The van der Waals surface area contributed by atoms with Gasteiger partial charge in [0.25, 0.3) is 0 Å². The van der Waals surface area contributed by atoms with Gasteiger partial charge in [0.1, 0.15) is 0 Å². The third-order valence-electron chi connectivity index (χ3n) is 1.79. The first-order chi connectivity index (χ1) is 6.22. The monoisotopic (exact) mass is 195 g/mol. The van der Waals surface area contributed by atoms with Crippen LogP contribution in [0.2, 0.25) is 0 Å². The Kier molecular flexibility index (Phi) is 4.16. The van der Waals surface area contributed by atoms with Crippen molar-refractivity contribution in [3.63, 3.8) is 0 Å². The van der Waals surface area contributed by atoms with E-state index >= 15 is 0 Å². The minimum Gasteiger partial charge on any atom is -0.330 e. The van der Waals surface area contributed by atoms with E-state index in [0.29, 0.717) is 0 Å². The fourth-order valence-electron chi connectivity index (χ4n) is 1.35. The average Bonchev–Trinajstić information content (AvgIpc) is 2.04. The molecule has 0 aliphatic rings. The molecule has 0 unspecified atom stereocenters. The molecule has 0 atom stereocenters. The van der Waals surface area contributed by atoms with Crippen molar-refractivity contribution in [3.05, 3.63) is 29.8 Å². The van der Waals surface area contributed by atoms with Crippen LogP contribution in [0.1, 0.15) is 19.4 Å². The topological polar surface area (TPSA) is 12.0 Å². The lowest BCUT2D eigenvalue weighted by Gasteiger charge is -2.07. The normalized spacial score (nSPS) is 10.5. The van der Waals surface area contributed by atoms with E-state index < -0.39 is 0 Å². The third kappa shape index (κ3) is 3.73. The molecule has 13 heavy (non-hydrogen) atoms. The number of anilines is 1. The Morgan fingerprint density at radius 1 is 1.38 bits per heavy atom. The van der Waals surface area contributed by atoms with E-state index in [1.54, 1.807) is 11.9 Å². The van der Waals surface area contributed by atoms with Gasteiger partial charge in [-0.2, -0.15) is 0 Å². The Balaban J connectivity index is 2.67. The van der Waals surface area contributed by atoms with E-state index in [9.17, 15) is 0 Å². The van der Waals surface area contributed by atoms with Gasteiger partial charge in [-0.1, -0.05) is 37.9 Å². The second kappa shape index (κ2) is 5.18. The lowest BCUT2D eigenvalue weighted by atomic mass is 10.0. The second-order valence-corrected chi connectivity index (χ2v) is 4.22. The summed E-state index contributed by atoms with van der Waals surface area (Å²) in [5, 5.41) is 0. The molecule has 1 aromatic rings. The van der Waals surface area contributed by atoms with Gasteiger partial charge in [0.05, 0.1) is 0 Å². The molecule has 0 amide bonds. The molecule has 0 fully saturated rings. The largest absolute Gasteiger partial charge is 0.330 e. The van der Waals surface area contributed by atoms with Gasteiger partial charge in [0.2, 0.25) is 0 Å². The number of hydrogen-bond acceptors (Lipinski definition) is 2. The summed E-state index contributed by atoms with van der Waals surface area (Å²) in [5.74, 6) is 0.726. The average molecular weight is 195 g/mol. The van der Waals surface area contributed by atoms with Crippen LogP contribution in [0.4, 0.5) is 5.69 Å². The first-order valence-corrected chi connectivity index (χ1v) is 5.82. The van der Waals surface area contributed by atoms with Gasteiger partial charge < -0.3 is 4.72 Å². The zero-order chi connectivity index (χ0) is 9.68. The van der Waals surface area contributed by atoms with Crippen molar-refractivity contribution in [2.45, 2.75) is 20.3 Å². The molecule has 0 aliphatic heterocycles. The molecule has 0 heterocycles. The van der Waals surface area contributed by atoms with Crippen LogP contribution in [0, 0.1) is 5.92 Å². The summed E-state index contributed by atoms with van der Waals surface area (Å²) in [6.07, 6.45) is 3.19. The van der Waals surface area contributed by atoms with Crippen LogP contribution in [-0.4, -0.2) is 6.26 Å².